The van der Waals surface area contributed by atoms with Crippen molar-refractivity contribution in [2.75, 3.05) is 6.54 Å². The van der Waals surface area contributed by atoms with Crippen LogP contribution in [0.1, 0.15) is 45.5 Å². The molecule has 2 unspecified atom stereocenters. The molecule has 4 rings (SSSR count). The van der Waals surface area contributed by atoms with Crippen LogP contribution in [0.25, 0.3) is 0 Å². The molecule has 0 radical (unpaired) electrons. The fraction of sp³-hybridized carbons (Fsp3) is 0.500. The number of carbonyl (C=O) groups is 2. The summed E-state index contributed by atoms with van der Waals surface area (Å²) in [4.78, 5) is 24.3. The van der Waals surface area contributed by atoms with Crippen LogP contribution in [0, 0.1) is 17.8 Å². The highest BCUT2D eigenvalue weighted by Crippen LogP contribution is 2.58. The topological polar surface area (TPSA) is 46.2 Å². The Morgan fingerprint density at radius 3 is 2.79 bits per heavy atom. The number of benzene rings is 1. The summed E-state index contributed by atoms with van der Waals surface area (Å²) in [5, 5.41) is 2.84. The van der Waals surface area contributed by atoms with Crippen LogP contribution in [0.4, 0.5) is 0 Å². The Morgan fingerprint density at radius 1 is 1.21 bits per heavy atom. The van der Waals surface area contributed by atoms with Crippen molar-refractivity contribution in [1.82, 2.24) is 5.32 Å². The van der Waals surface area contributed by atoms with Crippen molar-refractivity contribution in [3.8, 4) is 0 Å². The van der Waals surface area contributed by atoms with E-state index >= 15 is 0 Å². The van der Waals surface area contributed by atoms with Crippen molar-refractivity contribution in [2.24, 2.45) is 17.8 Å². The number of carbonyl (C=O) groups excluding carboxylic acids is 2. The van der Waals surface area contributed by atoms with E-state index in [4.69, 9.17) is 0 Å². The summed E-state index contributed by atoms with van der Waals surface area (Å²) in [7, 11) is 0. The summed E-state index contributed by atoms with van der Waals surface area (Å²) in [5.41, 5.74) is 2.49. The lowest BCUT2D eigenvalue weighted by molar-refractivity contribution is 0.0946. The average Bonchev–Trinajstić information content (AvgIpc) is 2.90. The Morgan fingerprint density at radius 2 is 2.00 bits per heavy atom. The van der Waals surface area contributed by atoms with Crippen molar-refractivity contribution in [1.29, 1.82) is 0 Å². The Labute approximate surface area is 112 Å². The van der Waals surface area contributed by atoms with Gasteiger partial charge in [-0.05, 0) is 42.7 Å². The SMILES string of the molecule is O=C1NCCc2ccc(C(=O)C3C4CCCC43)cc21. The summed E-state index contributed by atoms with van der Waals surface area (Å²) >= 11 is 0. The number of nitrogens with one attached hydrogen (secondary N) is 1. The summed E-state index contributed by atoms with van der Waals surface area (Å²) in [6.07, 6.45) is 4.58. The fourth-order valence-corrected chi connectivity index (χ4v) is 3.97. The largest absolute Gasteiger partial charge is 0.352 e. The van der Waals surface area contributed by atoms with Crippen molar-refractivity contribution >= 4 is 11.7 Å². The van der Waals surface area contributed by atoms with E-state index in [-0.39, 0.29) is 17.6 Å². The minimum absolute atomic E-state index is 0.0353. The van der Waals surface area contributed by atoms with Gasteiger partial charge in [0.1, 0.15) is 0 Å². The van der Waals surface area contributed by atoms with Crippen molar-refractivity contribution in [3.63, 3.8) is 0 Å². The quantitative estimate of drug-likeness (QED) is 0.823. The van der Waals surface area contributed by atoms with Crippen LogP contribution in [-0.2, 0) is 6.42 Å². The van der Waals surface area contributed by atoms with E-state index in [9.17, 15) is 9.59 Å². The summed E-state index contributed by atoms with van der Waals surface area (Å²) in [5.74, 6) is 1.75. The molecule has 2 saturated carbocycles. The lowest BCUT2D eigenvalue weighted by atomic mass is 9.94. The molecular formula is C16H17NO2. The van der Waals surface area contributed by atoms with Crippen molar-refractivity contribution in [3.05, 3.63) is 34.9 Å². The van der Waals surface area contributed by atoms with Crippen LogP contribution < -0.4 is 5.32 Å². The predicted octanol–water partition coefficient (Wildman–Crippen LogP) is 2.20. The lowest BCUT2D eigenvalue weighted by Crippen LogP contribution is -2.32. The van der Waals surface area contributed by atoms with Gasteiger partial charge < -0.3 is 5.32 Å². The normalized spacial score (nSPS) is 31.4. The highest BCUT2D eigenvalue weighted by Gasteiger charge is 2.56. The second-order valence-electron chi connectivity index (χ2n) is 6.03. The number of Topliss-reactive ketones (excluding diaryl/α,β-unsaturated/α-hetero) is 1. The Balaban J connectivity index is 1.63. The predicted molar refractivity (Wildman–Crippen MR) is 71.1 cm³/mol. The molecule has 2 aliphatic carbocycles. The van der Waals surface area contributed by atoms with Crippen LogP contribution in [0.15, 0.2) is 18.2 Å². The standard InChI is InChI=1S/C16H17NO2/c18-15(14-11-2-1-3-12(11)14)10-5-4-9-6-7-17-16(19)13(9)8-10/h4-5,8,11-12,14H,1-3,6-7H2,(H,17,19). The van der Waals surface area contributed by atoms with Crippen LogP contribution in [0.5, 0.6) is 0 Å². The number of ketones is 1. The molecule has 2 atom stereocenters. The van der Waals surface area contributed by atoms with Gasteiger partial charge in [0.25, 0.3) is 5.91 Å². The third kappa shape index (κ3) is 1.64. The fourth-order valence-electron chi connectivity index (χ4n) is 3.97. The third-order valence-electron chi connectivity index (χ3n) is 5.03. The number of hydrogen-bond acceptors (Lipinski definition) is 2. The van der Waals surface area contributed by atoms with Crippen LogP contribution >= 0.6 is 0 Å². The molecule has 98 valence electrons. The first-order valence-electron chi connectivity index (χ1n) is 7.21. The second kappa shape index (κ2) is 3.92. The van der Waals surface area contributed by atoms with E-state index in [0.29, 0.717) is 23.9 Å². The zero-order chi connectivity index (χ0) is 13.0. The Kier molecular flexibility index (Phi) is 2.32. The number of rotatable bonds is 2. The molecule has 3 aliphatic rings. The number of fused-ring (bicyclic) bond motifs is 2. The maximum absolute atomic E-state index is 12.5. The van der Waals surface area contributed by atoms with Gasteiger partial charge in [0.05, 0.1) is 0 Å². The molecule has 1 aromatic carbocycles. The molecule has 0 saturated heterocycles. The van der Waals surface area contributed by atoms with Gasteiger partial charge >= 0.3 is 0 Å². The molecule has 0 bridgehead atoms. The number of amides is 1. The Hall–Kier alpha value is -1.64. The molecule has 1 heterocycles. The summed E-state index contributed by atoms with van der Waals surface area (Å²) in [6.45, 7) is 0.700. The van der Waals surface area contributed by atoms with E-state index in [1.807, 2.05) is 12.1 Å². The molecule has 3 heteroatoms. The summed E-state index contributed by atoms with van der Waals surface area (Å²) in [6, 6.07) is 5.67. The molecule has 1 amide bonds. The van der Waals surface area contributed by atoms with Gasteiger partial charge in [-0.3, -0.25) is 9.59 Å². The minimum atomic E-state index is -0.0353. The Bertz CT molecular complexity index is 568. The molecule has 1 aliphatic heterocycles. The monoisotopic (exact) mass is 255 g/mol. The van der Waals surface area contributed by atoms with Gasteiger partial charge in [-0.2, -0.15) is 0 Å². The van der Waals surface area contributed by atoms with Crippen LogP contribution in [-0.4, -0.2) is 18.2 Å². The van der Waals surface area contributed by atoms with Crippen LogP contribution in [0.2, 0.25) is 0 Å². The van der Waals surface area contributed by atoms with E-state index in [0.717, 1.165) is 17.5 Å². The molecule has 3 nitrogen and oxygen atoms in total. The van der Waals surface area contributed by atoms with Gasteiger partial charge in [0, 0.05) is 23.6 Å². The first-order chi connectivity index (χ1) is 9.25. The first-order valence-corrected chi connectivity index (χ1v) is 7.21. The van der Waals surface area contributed by atoms with Crippen molar-refractivity contribution < 1.29 is 9.59 Å². The summed E-state index contributed by atoms with van der Waals surface area (Å²) < 4.78 is 0. The molecule has 19 heavy (non-hydrogen) atoms. The molecule has 0 aromatic heterocycles. The average molecular weight is 255 g/mol. The molecule has 1 N–H and O–H groups in total. The van der Waals surface area contributed by atoms with Gasteiger partial charge in [-0.1, -0.05) is 18.6 Å². The highest BCUT2D eigenvalue weighted by atomic mass is 16.1. The lowest BCUT2D eigenvalue weighted by Gasteiger charge is -2.17. The third-order valence-corrected chi connectivity index (χ3v) is 5.03. The van der Waals surface area contributed by atoms with Gasteiger partial charge in [0.15, 0.2) is 5.78 Å². The smallest absolute Gasteiger partial charge is 0.251 e. The molecular weight excluding hydrogens is 238 g/mol. The van der Waals surface area contributed by atoms with E-state index in [1.54, 1.807) is 6.07 Å². The van der Waals surface area contributed by atoms with E-state index < -0.39 is 0 Å². The second-order valence-corrected chi connectivity index (χ2v) is 6.03. The van der Waals surface area contributed by atoms with E-state index in [1.165, 1.54) is 19.3 Å². The molecule has 1 aromatic rings. The maximum Gasteiger partial charge on any atom is 0.251 e. The number of hydrogen-bond donors (Lipinski definition) is 1. The highest BCUT2D eigenvalue weighted by molar-refractivity contribution is 6.04. The van der Waals surface area contributed by atoms with Gasteiger partial charge in [-0.25, -0.2) is 0 Å². The van der Waals surface area contributed by atoms with E-state index in [2.05, 4.69) is 5.32 Å². The zero-order valence-electron chi connectivity index (χ0n) is 10.8. The molecule has 2 fully saturated rings. The zero-order valence-corrected chi connectivity index (χ0v) is 10.8. The van der Waals surface area contributed by atoms with Gasteiger partial charge in [0.2, 0.25) is 0 Å². The maximum atomic E-state index is 12.5. The van der Waals surface area contributed by atoms with Gasteiger partial charge in [-0.15, -0.1) is 0 Å². The first kappa shape index (κ1) is 11.2. The minimum Gasteiger partial charge on any atom is -0.352 e. The van der Waals surface area contributed by atoms with Crippen LogP contribution in [0.3, 0.4) is 0 Å². The van der Waals surface area contributed by atoms with Crippen molar-refractivity contribution in [2.45, 2.75) is 25.7 Å². The molecule has 0 spiro atoms.